The molecule has 0 spiro atoms. The van der Waals surface area contributed by atoms with Crippen LogP contribution in [0.5, 0.6) is 11.5 Å². The summed E-state index contributed by atoms with van der Waals surface area (Å²) in [5.74, 6) is 1.45. The standard InChI is InChI=1S/C32H22Br2N4O6/c1-2-42-26-16-21(28(33)29(34)30(26)43-18-19-8-7-10-22(14-19)38(40)41)17-35-37-31(27-15-20-9-3-6-13-25(20)44-27)36-24-12-5-4-11-23(24)32(37)39/h3-17H,2,18H2,1H3. The second-order valence-corrected chi connectivity index (χ2v) is 11.1. The highest BCUT2D eigenvalue weighted by Gasteiger charge is 2.20. The van der Waals surface area contributed by atoms with Crippen molar-refractivity contribution in [2.24, 2.45) is 5.10 Å². The molecule has 4 aromatic carbocycles. The van der Waals surface area contributed by atoms with Crippen molar-refractivity contribution in [3.8, 4) is 23.1 Å². The van der Waals surface area contributed by atoms with E-state index >= 15 is 0 Å². The van der Waals surface area contributed by atoms with Crippen LogP contribution in [0.4, 0.5) is 5.69 Å². The predicted octanol–water partition coefficient (Wildman–Crippen LogP) is 8.10. The molecule has 0 aliphatic heterocycles. The summed E-state index contributed by atoms with van der Waals surface area (Å²) < 4.78 is 20.3. The number of fused-ring (bicyclic) bond motifs is 2. The maximum Gasteiger partial charge on any atom is 0.282 e. The van der Waals surface area contributed by atoms with Gasteiger partial charge in [-0.2, -0.15) is 9.78 Å². The number of halogens is 2. The maximum atomic E-state index is 13.7. The highest BCUT2D eigenvalue weighted by Crippen LogP contribution is 2.43. The van der Waals surface area contributed by atoms with Gasteiger partial charge in [0.1, 0.15) is 12.2 Å². The molecule has 0 saturated heterocycles. The molecule has 0 amide bonds. The first-order valence-corrected chi connectivity index (χ1v) is 15.0. The van der Waals surface area contributed by atoms with Crippen LogP contribution in [-0.2, 0) is 6.61 Å². The molecule has 2 aromatic heterocycles. The summed E-state index contributed by atoms with van der Waals surface area (Å²) >= 11 is 7.20. The molecule has 10 nitrogen and oxygen atoms in total. The zero-order chi connectivity index (χ0) is 30.8. The number of rotatable bonds is 9. The van der Waals surface area contributed by atoms with Crippen LogP contribution in [0.3, 0.4) is 0 Å². The van der Waals surface area contributed by atoms with Crippen molar-refractivity contribution in [1.29, 1.82) is 0 Å². The van der Waals surface area contributed by atoms with Crippen LogP contribution in [0.2, 0.25) is 0 Å². The van der Waals surface area contributed by atoms with Crippen LogP contribution >= 0.6 is 31.9 Å². The smallest absolute Gasteiger partial charge is 0.282 e. The molecule has 0 N–H and O–H groups in total. The first-order chi connectivity index (χ1) is 21.3. The molecule has 0 unspecified atom stereocenters. The Morgan fingerprint density at radius 1 is 1.00 bits per heavy atom. The van der Waals surface area contributed by atoms with Crippen LogP contribution in [0.15, 0.2) is 108 Å². The molecule has 0 fully saturated rings. The van der Waals surface area contributed by atoms with Gasteiger partial charge >= 0.3 is 0 Å². The zero-order valence-electron chi connectivity index (χ0n) is 23.1. The van der Waals surface area contributed by atoms with Gasteiger partial charge in [-0.3, -0.25) is 14.9 Å². The summed E-state index contributed by atoms with van der Waals surface area (Å²) in [4.78, 5) is 29.1. The molecule has 220 valence electrons. The van der Waals surface area contributed by atoms with Gasteiger partial charge in [0.25, 0.3) is 11.2 Å². The molecule has 0 aliphatic rings. The van der Waals surface area contributed by atoms with Gasteiger partial charge in [-0.1, -0.05) is 42.5 Å². The third-order valence-corrected chi connectivity index (χ3v) is 8.82. The minimum absolute atomic E-state index is 0.0247. The zero-order valence-corrected chi connectivity index (χ0v) is 26.2. The minimum atomic E-state index is -0.453. The number of hydrogen-bond acceptors (Lipinski definition) is 8. The largest absolute Gasteiger partial charge is 0.490 e. The lowest BCUT2D eigenvalue weighted by Crippen LogP contribution is -2.20. The third kappa shape index (κ3) is 5.73. The van der Waals surface area contributed by atoms with Gasteiger partial charge < -0.3 is 13.9 Å². The first kappa shape index (κ1) is 29.3. The van der Waals surface area contributed by atoms with E-state index in [2.05, 4.69) is 37.0 Å². The molecule has 6 rings (SSSR count). The average Bonchev–Trinajstić information content (AvgIpc) is 3.47. The van der Waals surface area contributed by atoms with Crippen molar-refractivity contribution in [3.63, 3.8) is 0 Å². The van der Waals surface area contributed by atoms with E-state index in [0.717, 1.165) is 5.39 Å². The van der Waals surface area contributed by atoms with Gasteiger partial charge in [0.15, 0.2) is 17.3 Å². The first-order valence-electron chi connectivity index (χ1n) is 13.4. The van der Waals surface area contributed by atoms with Crippen molar-refractivity contribution in [2.45, 2.75) is 13.5 Å². The lowest BCUT2D eigenvalue weighted by molar-refractivity contribution is -0.384. The summed E-state index contributed by atoms with van der Waals surface area (Å²) in [5.41, 5.74) is 2.00. The van der Waals surface area contributed by atoms with Gasteiger partial charge in [0, 0.05) is 27.6 Å². The number of hydrogen-bond donors (Lipinski definition) is 0. The molecule has 12 heteroatoms. The number of nitro groups is 1. The fraction of sp³-hybridized carbons (Fsp3) is 0.0938. The van der Waals surface area contributed by atoms with Crippen LogP contribution < -0.4 is 15.0 Å². The van der Waals surface area contributed by atoms with Crippen molar-refractivity contribution in [1.82, 2.24) is 9.66 Å². The summed E-state index contributed by atoms with van der Waals surface area (Å²) in [7, 11) is 0. The Kier molecular flexibility index (Phi) is 8.27. The molecule has 2 heterocycles. The van der Waals surface area contributed by atoms with Crippen molar-refractivity contribution < 1.29 is 18.8 Å². The number of nitrogens with zero attached hydrogens (tertiary/aromatic N) is 4. The van der Waals surface area contributed by atoms with Crippen LogP contribution in [0, 0.1) is 10.1 Å². The number of para-hydroxylation sites is 2. The lowest BCUT2D eigenvalue weighted by atomic mass is 10.2. The summed E-state index contributed by atoms with van der Waals surface area (Å²) in [6.07, 6.45) is 1.52. The quantitative estimate of drug-likeness (QED) is 0.0841. The fourth-order valence-corrected chi connectivity index (χ4v) is 5.55. The second kappa shape index (κ2) is 12.4. The second-order valence-electron chi connectivity index (χ2n) is 9.53. The molecule has 0 atom stereocenters. The molecule has 0 saturated carbocycles. The van der Waals surface area contributed by atoms with Gasteiger partial charge in [0.05, 0.1) is 33.1 Å². The van der Waals surface area contributed by atoms with Gasteiger partial charge in [-0.15, -0.1) is 0 Å². The Morgan fingerprint density at radius 3 is 2.59 bits per heavy atom. The third-order valence-electron chi connectivity index (χ3n) is 6.67. The topological polar surface area (TPSA) is 122 Å². The Labute approximate surface area is 267 Å². The predicted molar refractivity (Wildman–Crippen MR) is 175 cm³/mol. The van der Waals surface area contributed by atoms with Crippen LogP contribution in [0.25, 0.3) is 33.5 Å². The van der Waals surface area contributed by atoms with Crippen molar-refractivity contribution in [2.75, 3.05) is 6.61 Å². The summed E-state index contributed by atoms with van der Waals surface area (Å²) in [5, 5.41) is 17.0. The number of nitro benzene ring substituents is 1. The van der Waals surface area contributed by atoms with E-state index in [-0.39, 0.29) is 23.7 Å². The molecule has 0 aliphatic carbocycles. The number of benzene rings is 4. The van der Waals surface area contributed by atoms with Crippen LogP contribution in [-0.4, -0.2) is 27.4 Å². The number of furan rings is 1. The highest BCUT2D eigenvalue weighted by atomic mass is 79.9. The number of aromatic nitrogens is 2. The Balaban J connectivity index is 1.41. The maximum absolute atomic E-state index is 13.7. The monoisotopic (exact) mass is 716 g/mol. The summed E-state index contributed by atoms with van der Waals surface area (Å²) in [6.45, 7) is 2.26. The molecule has 0 radical (unpaired) electrons. The SMILES string of the molecule is CCOc1cc(C=Nn2c(-c3cc4ccccc4o3)nc3ccccc3c2=O)c(Br)c(Br)c1OCc1cccc([N+](=O)[O-])c1. The van der Waals surface area contributed by atoms with E-state index in [1.54, 1.807) is 36.4 Å². The molecular weight excluding hydrogens is 696 g/mol. The average molecular weight is 718 g/mol. The number of ether oxygens (including phenoxy) is 2. The Morgan fingerprint density at radius 2 is 1.80 bits per heavy atom. The van der Waals surface area contributed by atoms with E-state index in [1.807, 2.05) is 43.3 Å². The molecule has 44 heavy (non-hydrogen) atoms. The normalized spacial score (nSPS) is 11.4. The number of non-ortho nitro benzene ring substituents is 1. The van der Waals surface area contributed by atoms with E-state index in [4.69, 9.17) is 18.9 Å². The Hall–Kier alpha value is -4.81. The molecule has 0 bridgehead atoms. The van der Waals surface area contributed by atoms with E-state index in [9.17, 15) is 14.9 Å². The van der Waals surface area contributed by atoms with Gasteiger partial charge in [0.2, 0.25) is 5.82 Å². The van der Waals surface area contributed by atoms with Gasteiger partial charge in [-0.05, 0) is 74.7 Å². The van der Waals surface area contributed by atoms with Crippen molar-refractivity contribution >= 4 is 65.6 Å². The van der Waals surface area contributed by atoms with E-state index < -0.39 is 4.92 Å². The minimum Gasteiger partial charge on any atom is -0.490 e. The van der Waals surface area contributed by atoms with E-state index in [1.165, 1.54) is 23.0 Å². The molecular formula is C32H22Br2N4O6. The summed E-state index contributed by atoms with van der Waals surface area (Å²) in [6, 6.07) is 24.4. The molecule has 6 aromatic rings. The van der Waals surface area contributed by atoms with E-state index in [0.29, 0.717) is 60.4 Å². The Bertz CT molecular complexity index is 2110. The fourth-order valence-electron chi connectivity index (χ4n) is 4.61. The van der Waals surface area contributed by atoms with Gasteiger partial charge in [-0.25, -0.2) is 4.98 Å². The highest BCUT2D eigenvalue weighted by molar-refractivity contribution is 9.13. The lowest BCUT2D eigenvalue weighted by Gasteiger charge is -2.16. The van der Waals surface area contributed by atoms with Crippen molar-refractivity contribution in [3.05, 3.63) is 125 Å². The van der Waals surface area contributed by atoms with Crippen LogP contribution in [0.1, 0.15) is 18.1 Å².